The van der Waals surface area contributed by atoms with Gasteiger partial charge in [-0.15, -0.1) is 0 Å². The zero-order valence-electron chi connectivity index (χ0n) is 18.3. The summed E-state index contributed by atoms with van der Waals surface area (Å²) >= 11 is 6.53. The molecule has 1 aliphatic heterocycles. The molecule has 0 aliphatic carbocycles. The van der Waals surface area contributed by atoms with E-state index in [9.17, 15) is 17.6 Å². The molecule has 0 radical (unpaired) electrons. The van der Waals surface area contributed by atoms with Crippen LogP contribution in [0.1, 0.15) is 27.2 Å². The van der Waals surface area contributed by atoms with Crippen LogP contribution in [0.2, 0.25) is 5.15 Å². The highest BCUT2D eigenvalue weighted by Gasteiger charge is 2.33. The number of hydrogen-bond donors (Lipinski definition) is 0. The fraction of sp³-hybridized carbons (Fsp3) is 0.304. The Morgan fingerprint density at radius 1 is 1.03 bits per heavy atom. The molecule has 2 heterocycles. The molecule has 1 amide bonds. The van der Waals surface area contributed by atoms with Crippen LogP contribution >= 0.6 is 11.6 Å². The Kier molecular flexibility index (Phi) is 6.56. The van der Waals surface area contributed by atoms with Gasteiger partial charge in [-0.2, -0.15) is 9.40 Å². The third kappa shape index (κ3) is 4.66. The Balaban J connectivity index is 1.47. The normalized spacial score (nSPS) is 15.1. The van der Waals surface area contributed by atoms with Gasteiger partial charge in [0.1, 0.15) is 15.9 Å². The molecular weight excluding hydrogens is 467 g/mol. The third-order valence-corrected chi connectivity index (χ3v) is 8.03. The van der Waals surface area contributed by atoms with Gasteiger partial charge in [0.25, 0.3) is 5.91 Å². The smallest absolute Gasteiger partial charge is 0.258 e. The zero-order chi connectivity index (χ0) is 23.8. The molecule has 0 N–H and O–H groups in total. The lowest BCUT2D eigenvalue weighted by Crippen LogP contribution is -2.50. The molecule has 10 heteroatoms. The fourth-order valence-electron chi connectivity index (χ4n) is 3.85. The highest BCUT2D eigenvalue weighted by molar-refractivity contribution is 7.89. The lowest BCUT2D eigenvalue weighted by atomic mass is 10.1. The van der Waals surface area contributed by atoms with E-state index in [0.29, 0.717) is 17.8 Å². The number of aromatic nitrogens is 2. The number of amides is 1. The van der Waals surface area contributed by atoms with Crippen molar-refractivity contribution in [3.8, 4) is 0 Å². The molecule has 0 bridgehead atoms. The number of nitrogens with zero attached hydrogens (tertiary/aromatic N) is 4. The second-order valence-electron chi connectivity index (χ2n) is 8.02. The molecule has 0 spiro atoms. The Bertz CT molecular complexity index is 1280. The first-order valence-electron chi connectivity index (χ1n) is 10.5. The maximum absolute atomic E-state index is 14.0. The first-order valence-corrected chi connectivity index (χ1v) is 12.3. The summed E-state index contributed by atoms with van der Waals surface area (Å²) in [7, 11) is -3.98. The van der Waals surface area contributed by atoms with E-state index in [-0.39, 0.29) is 42.1 Å². The zero-order valence-corrected chi connectivity index (χ0v) is 19.9. The summed E-state index contributed by atoms with van der Waals surface area (Å²) < 4.78 is 42.4. The molecule has 7 nitrogen and oxygen atoms in total. The number of hydrogen-bond acceptors (Lipinski definition) is 4. The maximum atomic E-state index is 14.0. The van der Waals surface area contributed by atoms with Crippen LogP contribution in [0.25, 0.3) is 0 Å². The molecule has 4 rings (SSSR count). The molecule has 0 unspecified atom stereocenters. The SMILES string of the molecule is Cc1ccc(Cn2nc(C)c(C(=O)N3CCN(S(=O)(=O)c4ccccc4F)CC3)c2Cl)cc1. The molecule has 174 valence electrons. The van der Waals surface area contributed by atoms with E-state index in [1.165, 1.54) is 22.5 Å². The van der Waals surface area contributed by atoms with E-state index in [4.69, 9.17) is 11.6 Å². The van der Waals surface area contributed by atoms with Crippen LogP contribution in [0.3, 0.4) is 0 Å². The molecule has 0 saturated carbocycles. The van der Waals surface area contributed by atoms with Crippen molar-refractivity contribution in [2.75, 3.05) is 26.2 Å². The predicted molar refractivity (Wildman–Crippen MR) is 123 cm³/mol. The van der Waals surface area contributed by atoms with Crippen LogP contribution < -0.4 is 0 Å². The first-order chi connectivity index (χ1) is 15.7. The molecule has 2 aromatic carbocycles. The van der Waals surface area contributed by atoms with Gasteiger partial charge in [0.05, 0.1) is 17.8 Å². The topological polar surface area (TPSA) is 75.5 Å². The number of rotatable bonds is 5. The monoisotopic (exact) mass is 490 g/mol. The highest BCUT2D eigenvalue weighted by Crippen LogP contribution is 2.25. The molecule has 33 heavy (non-hydrogen) atoms. The summed E-state index contributed by atoms with van der Waals surface area (Å²) in [6.07, 6.45) is 0. The van der Waals surface area contributed by atoms with Crippen molar-refractivity contribution >= 4 is 27.5 Å². The van der Waals surface area contributed by atoms with E-state index in [0.717, 1.165) is 17.2 Å². The number of halogens is 2. The van der Waals surface area contributed by atoms with E-state index < -0.39 is 15.8 Å². The molecule has 0 atom stereocenters. The summed E-state index contributed by atoms with van der Waals surface area (Å²) in [6.45, 7) is 4.64. The average Bonchev–Trinajstić information content (AvgIpc) is 3.07. The van der Waals surface area contributed by atoms with E-state index in [2.05, 4.69) is 5.10 Å². The lowest BCUT2D eigenvalue weighted by Gasteiger charge is -2.34. The molecule has 1 aromatic heterocycles. The van der Waals surface area contributed by atoms with Crippen LogP contribution in [0.15, 0.2) is 53.4 Å². The van der Waals surface area contributed by atoms with Crippen molar-refractivity contribution in [2.24, 2.45) is 0 Å². The van der Waals surface area contributed by atoms with Gasteiger partial charge in [0.15, 0.2) is 0 Å². The van der Waals surface area contributed by atoms with Crippen LogP contribution in [0.5, 0.6) is 0 Å². The molecule has 1 fully saturated rings. The Labute approximate surface area is 197 Å². The van der Waals surface area contributed by atoms with Crippen molar-refractivity contribution in [2.45, 2.75) is 25.3 Å². The molecular formula is C23H24ClFN4O3S. The first kappa shape index (κ1) is 23.4. The van der Waals surface area contributed by atoms with Crippen molar-refractivity contribution in [1.29, 1.82) is 0 Å². The standard InChI is InChI=1S/C23H24ClFN4O3S/c1-16-7-9-18(10-8-16)15-29-22(24)21(17(2)26-29)23(30)27-11-13-28(14-12-27)33(31,32)20-6-4-3-5-19(20)25/h3-10H,11-15H2,1-2H3. The van der Waals surface area contributed by atoms with Gasteiger partial charge in [0, 0.05) is 26.2 Å². The fourth-order valence-corrected chi connectivity index (χ4v) is 5.65. The highest BCUT2D eigenvalue weighted by atomic mass is 35.5. The van der Waals surface area contributed by atoms with Crippen LogP contribution in [0, 0.1) is 19.7 Å². The number of benzene rings is 2. The summed E-state index contributed by atoms with van der Waals surface area (Å²) in [5, 5.41) is 4.69. The number of aryl methyl sites for hydroxylation is 2. The largest absolute Gasteiger partial charge is 0.336 e. The quantitative estimate of drug-likeness (QED) is 0.548. The van der Waals surface area contributed by atoms with Gasteiger partial charge >= 0.3 is 0 Å². The van der Waals surface area contributed by atoms with E-state index in [1.807, 2.05) is 31.2 Å². The number of sulfonamides is 1. The van der Waals surface area contributed by atoms with Crippen LogP contribution in [-0.2, 0) is 16.6 Å². The summed E-state index contributed by atoms with van der Waals surface area (Å²) in [5.41, 5.74) is 2.98. The van der Waals surface area contributed by atoms with Crippen molar-refractivity contribution in [3.63, 3.8) is 0 Å². The van der Waals surface area contributed by atoms with Gasteiger partial charge in [-0.1, -0.05) is 53.6 Å². The number of piperazine rings is 1. The average molecular weight is 491 g/mol. The van der Waals surface area contributed by atoms with Crippen molar-refractivity contribution in [1.82, 2.24) is 19.0 Å². The summed E-state index contributed by atoms with van der Waals surface area (Å²) in [5.74, 6) is -1.09. The summed E-state index contributed by atoms with van der Waals surface area (Å²) in [6, 6.07) is 13.3. The minimum absolute atomic E-state index is 0.0660. The number of carbonyl (C=O) groups excluding carboxylic acids is 1. The van der Waals surface area contributed by atoms with E-state index >= 15 is 0 Å². The second kappa shape index (κ2) is 9.24. The van der Waals surface area contributed by atoms with Gasteiger partial charge in [-0.3, -0.25) is 4.79 Å². The molecule has 3 aromatic rings. The van der Waals surface area contributed by atoms with E-state index in [1.54, 1.807) is 16.5 Å². The van der Waals surface area contributed by atoms with Gasteiger partial charge in [-0.25, -0.2) is 17.5 Å². The Morgan fingerprint density at radius 2 is 1.67 bits per heavy atom. The second-order valence-corrected chi connectivity index (χ2v) is 10.3. The minimum Gasteiger partial charge on any atom is -0.336 e. The molecule has 1 aliphatic rings. The van der Waals surface area contributed by atoms with Crippen LogP contribution in [0.4, 0.5) is 4.39 Å². The van der Waals surface area contributed by atoms with Gasteiger partial charge in [0.2, 0.25) is 10.0 Å². The van der Waals surface area contributed by atoms with Crippen LogP contribution in [-0.4, -0.2) is 59.5 Å². The Hall–Kier alpha value is -2.75. The Morgan fingerprint density at radius 3 is 2.30 bits per heavy atom. The maximum Gasteiger partial charge on any atom is 0.258 e. The van der Waals surface area contributed by atoms with Gasteiger partial charge < -0.3 is 4.90 Å². The van der Waals surface area contributed by atoms with Crippen molar-refractivity contribution < 1.29 is 17.6 Å². The van der Waals surface area contributed by atoms with Crippen molar-refractivity contribution in [3.05, 3.63) is 81.9 Å². The summed E-state index contributed by atoms with van der Waals surface area (Å²) in [4.78, 5) is 14.4. The minimum atomic E-state index is -3.98. The number of carbonyl (C=O) groups is 1. The predicted octanol–water partition coefficient (Wildman–Crippen LogP) is 3.49. The lowest BCUT2D eigenvalue weighted by molar-refractivity contribution is 0.0697. The molecule has 1 saturated heterocycles. The third-order valence-electron chi connectivity index (χ3n) is 5.71. The van der Waals surface area contributed by atoms with Gasteiger partial charge in [-0.05, 0) is 31.5 Å².